The van der Waals surface area contributed by atoms with E-state index in [0.717, 1.165) is 24.1 Å². The lowest BCUT2D eigenvalue weighted by Gasteiger charge is -2.62. The maximum Gasteiger partial charge on any atom is 0.514 e. The number of methoxy groups -OCH3 is 1. The third kappa shape index (κ3) is 8.77. The lowest BCUT2D eigenvalue weighted by molar-refractivity contribution is -0.384. The van der Waals surface area contributed by atoms with Crippen LogP contribution in [0.5, 0.6) is 11.5 Å². The summed E-state index contributed by atoms with van der Waals surface area (Å²) in [4.78, 5) is 62.7. The molecule has 1 aliphatic heterocycles. The van der Waals surface area contributed by atoms with Crippen LogP contribution >= 0.6 is 0 Å². The number of nitro groups is 1. The van der Waals surface area contributed by atoms with Gasteiger partial charge in [0, 0.05) is 66.6 Å². The van der Waals surface area contributed by atoms with Crippen molar-refractivity contribution in [3.8, 4) is 22.6 Å². The van der Waals surface area contributed by atoms with E-state index in [1.54, 1.807) is 33.2 Å². The zero-order valence-electron chi connectivity index (χ0n) is 34.6. The van der Waals surface area contributed by atoms with E-state index in [-0.39, 0.29) is 53.7 Å². The molecule has 3 aliphatic carbocycles. The molecule has 3 aromatic rings. The smallest absolute Gasteiger partial charge is 0.496 e. The van der Waals surface area contributed by atoms with Crippen molar-refractivity contribution in [1.29, 1.82) is 0 Å². The Labute approximate surface area is 343 Å². The summed E-state index contributed by atoms with van der Waals surface area (Å²) in [6.07, 6.45) is -1.07. The molecule has 0 spiro atoms. The second-order valence-electron chi connectivity index (χ2n) is 16.4. The van der Waals surface area contributed by atoms with Crippen LogP contribution in [-0.4, -0.2) is 87.0 Å². The van der Waals surface area contributed by atoms with Gasteiger partial charge in [0.25, 0.3) is 11.6 Å². The van der Waals surface area contributed by atoms with Gasteiger partial charge in [0.1, 0.15) is 23.6 Å². The maximum atomic E-state index is 14.8. The Hall–Kier alpha value is -5.90. The lowest BCUT2D eigenvalue weighted by Crippen LogP contribution is -2.62. The molecular formula is C42H52N8O9. The van der Waals surface area contributed by atoms with Crippen molar-refractivity contribution in [3.63, 3.8) is 0 Å². The molecule has 2 N–H and O–H groups in total. The fraction of sp³-hybridized carbons (Fsp3) is 0.500. The first-order chi connectivity index (χ1) is 28.1. The third-order valence-electron chi connectivity index (χ3n) is 12.6. The molecule has 1 saturated heterocycles. The molecule has 0 unspecified atom stereocenters. The van der Waals surface area contributed by atoms with Crippen LogP contribution in [0.3, 0.4) is 0 Å². The Balaban J connectivity index is 1.34. The Kier molecular flexibility index (Phi) is 12.7. The number of amides is 2. The van der Waals surface area contributed by atoms with E-state index in [4.69, 9.17) is 19.0 Å². The van der Waals surface area contributed by atoms with Gasteiger partial charge in [-0.25, -0.2) is 4.79 Å². The molecule has 3 aromatic carbocycles. The van der Waals surface area contributed by atoms with E-state index in [0.29, 0.717) is 34.3 Å². The Morgan fingerprint density at radius 2 is 1.86 bits per heavy atom. The van der Waals surface area contributed by atoms with Gasteiger partial charge in [0.15, 0.2) is 0 Å². The quantitative estimate of drug-likeness (QED) is 0.0325. The number of azide groups is 1. The van der Waals surface area contributed by atoms with E-state index in [2.05, 4.69) is 41.4 Å². The van der Waals surface area contributed by atoms with Crippen molar-refractivity contribution in [3.05, 3.63) is 92.3 Å². The van der Waals surface area contributed by atoms with Crippen LogP contribution in [-0.2, 0) is 20.9 Å². The van der Waals surface area contributed by atoms with E-state index >= 15 is 0 Å². The normalized spacial score (nSPS) is 24.7. The number of ether oxygens (including phenoxy) is 3. The number of para-hydroxylation sites is 1. The lowest BCUT2D eigenvalue weighted by atomic mass is 9.45. The summed E-state index contributed by atoms with van der Waals surface area (Å²) < 4.78 is 17.2. The predicted molar refractivity (Wildman–Crippen MR) is 219 cm³/mol. The number of nitrogens with zero attached hydrogens (tertiary/aromatic N) is 6. The molecule has 8 atom stereocenters. The number of hydrogen-bond donors (Lipinski definition) is 2. The molecule has 59 heavy (non-hydrogen) atoms. The highest BCUT2D eigenvalue weighted by Crippen LogP contribution is 2.61. The maximum absolute atomic E-state index is 14.8. The Morgan fingerprint density at radius 1 is 1.14 bits per heavy atom. The largest absolute Gasteiger partial charge is 0.514 e. The minimum atomic E-state index is -1.10. The fourth-order valence-corrected chi connectivity index (χ4v) is 9.22. The molecule has 17 nitrogen and oxygen atoms in total. The average molecular weight is 813 g/mol. The zero-order valence-corrected chi connectivity index (χ0v) is 34.6. The average Bonchev–Trinajstić information content (AvgIpc) is 3.57. The molecule has 1 heterocycles. The number of benzene rings is 3. The molecular weight excluding hydrogens is 761 g/mol. The minimum Gasteiger partial charge on any atom is -0.496 e. The molecule has 3 saturated carbocycles. The van der Waals surface area contributed by atoms with Gasteiger partial charge in [-0.05, 0) is 84.4 Å². The number of anilines is 1. The van der Waals surface area contributed by atoms with Crippen LogP contribution in [0.15, 0.2) is 65.8 Å². The molecule has 2 bridgehead atoms. The van der Waals surface area contributed by atoms with Crippen molar-refractivity contribution in [2.45, 2.75) is 71.4 Å². The van der Waals surface area contributed by atoms with Crippen LogP contribution in [0.4, 0.5) is 16.2 Å². The van der Waals surface area contributed by atoms with Gasteiger partial charge < -0.3 is 29.7 Å². The molecule has 7 rings (SSSR count). The molecule has 17 heteroatoms. The highest BCUT2D eigenvalue weighted by atomic mass is 16.7. The van der Waals surface area contributed by atoms with Gasteiger partial charge in [0.2, 0.25) is 5.91 Å². The van der Waals surface area contributed by atoms with Crippen molar-refractivity contribution in [2.75, 3.05) is 39.7 Å². The van der Waals surface area contributed by atoms with Crippen LogP contribution in [0.1, 0.15) is 56.5 Å². The number of hydrogen-bond acceptors (Lipinski definition) is 12. The van der Waals surface area contributed by atoms with E-state index < -0.39 is 35.2 Å². The monoisotopic (exact) mass is 812 g/mol. The topological polar surface area (TPSA) is 211 Å². The number of nitro benzene ring substituents is 1. The van der Waals surface area contributed by atoms with Gasteiger partial charge in [-0.2, -0.15) is 5.06 Å². The first-order valence-electron chi connectivity index (χ1n) is 19.7. The van der Waals surface area contributed by atoms with Gasteiger partial charge in [-0.15, -0.1) is 0 Å². The van der Waals surface area contributed by atoms with Gasteiger partial charge in [-0.1, -0.05) is 44.1 Å². The number of carbonyl (C=O) groups is 3. The number of carbonyl (C=O) groups excluding carboxylic acids is 3. The second kappa shape index (κ2) is 17.5. The number of hydroxylamine groups is 2. The van der Waals surface area contributed by atoms with Gasteiger partial charge in [0.05, 0.1) is 37.1 Å². The second-order valence-corrected chi connectivity index (χ2v) is 16.4. The van der Waals surface area contributed by atoms with E-state index in [1.165, 1.54) is 29.3 Å². The SMILES string of the molecule is CNC(=O)c1cc(-c2cccc(CN3O[C@@H](CN=[N+]=[N-])[C@@H]([C@H](C)OC(=O)Oc4ccc([N+](=O)[O-])cc4)[C@H]3C(=O)N[C@H]3C[C@@H]4C[C@H]([C@@H]3C)C4(C)C)c2OC)cc(N(C)C)c1. The van der Waals surface area contributed by atoms with Crippen LogP contribution < -0.4 is 25.0 Å². The first-order valence-corrected chi connectivity index (χ1v) is 19.7. The molecule has 0 radical (unpaired) electrons. The highest BCUT2D eigenvalue weighted by Gasteiger charge is 2.57. The number of fused-ring (bicyclic) bond motifs is 2. The van der Waals surface area contributed by atoms with Gasteiger partial charge >= 0.3 is 6.16 Å². The van der Waals surface area contributed by atoms with Crippen molar-refractivity contribution in [1.82, 2.24) is 15.7 Å². The van der Waals surface area contributed by atoms with Gasteiger partial charge in [-0.3, -0.25) is 24.5 Å². The van der Waals surface area contributed by atoms with Crippen molar-refractivity contribution in [2.24, 2.45) is 34.2 Å². The fourth-order valence-electron chi connectivity index (χ4n) is 9.22. The highest BCUT2D eigenvalue weighted by molar-refractivity contribution is 5.97. The molecule has 314 valence electrons. The first kappa shape index (κ1) is 42.7. The predicted octanol–water partition coefficient (Wildman–Crippen LogP) is 6.90. The number of non-ortho nitro benzene ring substituents is 1. The van der Waals surface area contributed by atoms with Crippen molar-refractivity contribution >= 4 is 29.3 Å². The summed E-state index contributed by atoms with van der Waals surface area (Å²) in [5.74, 6) is 0.215. The van der Waals surface area contributed by atoms with E-state index in [9.17, 15) is 30.0 Å². The molecule has 0 aromatic heterocycles. The van der Waals surface area contributed by atoms with Crippen LogP contribution in [0, 0.1) is 39.2 Å². The number of rotatable bonds is 14. The molecule has 4 fully saturated rings. The summed E-state index contributed by atoms with van der Waals surface area (Å²) in [6, 6.07) is 14.9. The summed E-state index contributed by atoms with van der Waals surface area (Å²) in [5.41, 5.74) is 12.7. The summed E-state index contributed by atoms with van der Waals surface area (Å²) in [7, 11) is 6.89. The van der Waals surface area contributed by atoms with Crippen LogP contribution in [0.25, 0.3) is 21.6 Å². The van der Waals surface area contributed by atoms with Crippen LogP contribution in [0.2, 0.25) is 0 Å². The van der Waals surface area contributed by atoms with E-state index in [1.807, 2.05) is 43.3 Å². The van der Waals surface area contributed by atoms with Crippen molar-refractivity contribution < 1.29 is 38.4 Å². The Morgan fingerprint density at radius 3 is 2.47 bits per heavy atom. The summed E-state index contributed by atoms with van der Waals surface area (Å²) in [5, 5.41) is 22.5. The molecule has 2 amide bonds. The summed E-state index contributed by atoms with van der Waals surface area (Å²) >= 11 is 0. The Bertz CT molecular complexity index is 2120. The molecule has 4 aliphatic rings. The minimum absolute atomic E-state index is 0.0235. The third-order valence-corrected chi connectivity index (χ3v) is 12.6. The standard InChI is InChI=1S/C42H52N8O9/c1-23-33-19-28(42(33,3)4)20-34(23)46-40(52)37-36(24(2)57-41(53)58-31-14-12-29(13-15-31)50(54)55)35(21-45-47-43)59-49(37)22-25-10-9-11-32(38(25)56-8)26-16-27(39(51)44-5)18-30(17-26)48(6)7/h9-18,23-24,28,33-37H,19-22H2,1-8H3,(H,44,51)(H,46,52)/t23-,24-,28-,33+,34-,35-,36+,37-/m0/s1. The number of nitrogens with one attached hydrogen (secondary N) is 2. The zero-order chi connectivity index (χ0) is 42.8. The summed E-state index contributed by atoms with van der Waals surface area (Å²) in [6.45, 7) is 8.22.